The smallest absolute Gasteiger partial charge is 0.332 e. The maximum absolute atomic E-state index is 13.2. The fourth-order valence-electron chi connectivity index (χ4n) is 4.30. The summed E-state index contributed by atoms with van der Waals surface area (Å²) in [6.07, 6.45) is 1.08. The molecule has 8 heteroatoms. The monoisotopic (exact) mass is 429 g/mol. The Morgan fingerprint density at radius 1 is 1.07 bits per heavy atom. The number of amides is 1. The molecule has 158 valence electrons. The van der Waals surface area contributed by atoms with Crippen LogP contribution in [-0.2, 0) is 17.9 Å². The number of piperidine rings is 1. The van der Waals surface area contributed by atoms with Crippen LogP contribution in [-0.4, -0.2) is 33.0 Å². The second-order valence-electron chi connectivity index (χ2n) is 8.27. The summed E-state index contributed by atoms with van der Waals surface area (Å²) in [7, 11) is 0. The van der Waals surface area contributed by atoms with Gasteiger partial charge >= 0.3 is 5.69 Å². The minimum Gasteiger partial charge on any atom is -0.341 e. The molecule has 3 heterocycles. The van der Waals surface area contributed by atoms with Crippen LogP contribution in [0.15, 0.2) is 45.3 Å². The van der Waals surface area contributed by atoms with Crippen molar-refractivity contribution in [2.24, 2.45) is 11.8 Å². The molecule has 4 rings (SSSR count). The van der Waals surface area contributed by atoms with Crippen LogP contribution in [0.3, 0.4) is 0 Å². The zero-order valence-corrected chi connectivity index (χ0v) is 17.8. The predicted molar refractivity (Wildman–Crippen MR) is 115 cm³/mol. The van der Waals surface area contributed by atoms with Gasteiger partial charge in [0.15, 0.2) is 0 Å². The molecule has 0 unspecified atom stereocenters. The van der Waals surface area contributed by atoms with E-state index in [1.54, 1.807) is 23.6 Å². The van der Waals surface area contributed by atoms with Crippen molar-refractivity contribution in [1.82, 2.24) is 14.0 Å². The molecule has 0 spiro atoms. The Morgan fingerprint density at radius 2 is 1.73 bits per heavy atom. The molecule has 0 radical (unpaired) electrons. The van der Waals surface area contributed by atoms with E-state index in [1.165, 1.54) is 28.0 Å². The highest BCUT2D eigenvalue weighted by molar-refractivity contribution is 7.17. The lowest BCUT2D eigenvalue weighted by Crippen LogP contribution is -2.47. The van der Waals surface area contributed by atoms with Crippen LogP contribution in [0.1, 0.15) is 25.8 Å². The summed E-state index contributed by atoms with van der Waals surface area (Å²) in [5.41, 5.74) is 0.208. The Morgan fingerprint density at radius 3 is 2.40 bits per heavy atom. The van der Waals surface area contributed by atoms with E-state index in [1.807, 2.05) is 4.90 Å². The van der Waals surface area contributed by atoms with Gasteiger partial charge in [-0.2, -0.15) is 0 Å². The Bertz CT molecular complexity index is 1190. The van der Waals surface area contributed by atoms with Gasteiger partial charge in [-0.1, -0.05) is 26.0 Å². The van der Waals surface area contributed by atoms with E-state index < -0.39 is 11.2 Å². The molecular weight excluding hydrogens is 405 g/mol. The number of hydrogen-bond donors (Lipinski definition) is 0. The van der Waals surface area contributed by atoms with Gasteiger partial charge in [0, 0.05) is 13.1 Å². The number of rotatable bonds is 4. The van der Waals surface area contributed by atoms with Gasteiger partial charge in [-0.25, -0.2) is 9.18 Å². The van der Waals surface area contributed by atoms with Gasteiger partial charge in [0.05, 0.1) is 12.1 Å². The molecule has 1 fully saturated rings. The van der Waals surface area contributed by atoms with Crippen LogP contribution >= 0.6 is 11.3 Å². The van der Waals surface area contributed by atoms with Gasteiger partial charge < -0.3 is 4.90 Å². The van der Waals surface area contributed by atoms with E-state index in [4.69, 9.17) is 0 Å². The maximum Gasteiger partial charge on any atom is 0.332 e. The Hall–Kier alpha value is -2.74. The lowest BCUT2D eigenvalue weighted by atomic mass is 9.92. The Kier molecular flexibility index (Phi) is 5.60. The summed E-state index contributed by atoms with van der Waals surface area (Å²) in [4.78, 5) is 40.9. The molecule has 2 atom stereocenters. The number of halogens is 1. The third-order valence-electron chi connectivity index (χ3n) is 5.61. The minimum atomic E-state index is -0.526. The molecule has 0 N–H and O–H groups in total. The number of likely N-dealkylation sites (tertiary alicyclic amines) is 1. The normalized spacial score (nSPS) is 19.4. The molecule has 1 saturated heterocycles. The first kappa shape index (κ1) is 20.5. The fraction of sp³-hybridized carbons (Fsp3) is 0.409. The predicted octanol–water partition coefficient (Wildman–Crippen LogP) is 2.92. The summed E-state index contributed by atoms with van der Waals surface area (Å²) >= 11 is 1.25. The van der Waals surface area contributed by atoms with Crippen molar-refractivity contribution in [2.75, 3.05) is 13.1 Å². The summed E-state index contributed by atoms with van der Waals surface area (Å²) < 4.78 is 16.2. The highest BCUT2D eigenvalue weighted by atomic mass is 32.1. The standard InChI is InChI=1S/C22H24FN3O3S/c1-14-9-15(2)11-24(10-14)19(27)13-25-18-7-8-30-20(18)21(28)26(22(25)29)12-16-3-5-17(23)6-4-16/h3-8,14-15H,9-13H2,1-2H3/t14-,15-/m0/s1. The van der Waals surface area contributed by atoms with Crippen molar-refractivity contribution in [2.45, 2.75) is 33.4 Å². The lowest BCUT2D eigenvalue weighted by Gasteiger charge is -2.35. The number of benzene rings is 1. The van der Waals surface area contributed by atoms with Gasteiger partial charge in [-0.05, 0) is 47.4 Å². The van der Waals surface area contributed by atoms with E-state index in [0.717, 1.165) is 11.0 Å². The summed E-state index contributed by atoms with van der Waals surface area (Å²) in [6.45, 7) is 5.54. The van der Waals surface area contributed by atoms with Crippen molar-refractivity contribution < 1.29 is 9.18 Å². The average molecular weight is 430 g/mol. The highest BCUT2D eigenvalue weighted by Crippen LogP contribution is 2.22. The number of hydrogen-bond acceptors (Lipinski definition) is 4. The van der Waals surface area contributed by atoms with Crippen LogP contribution in [0, 0.1) is 17.7 Å². The Labute approximate surface area is 177 Å². The van der Waals surface area contributed by atoms with Gasteiger partial charge in [-0.15, -0.1) is 11.3 Å². The van der Waals surface area contributed by atoms with Crippen LogP contribution in [0.2, 0.25) is 0 Å². The molecule has 1 amide bonds. The van der Waals surface area contributed by atoms with Crippen LogP contribution in [0.25, 0.3) is 10.2 Å². The van der Waals surface area contributed by atoms with Crippen molar-refractivity contribution in [3.05, 3.63) is 67.9 Å². The number of thiophene rings is 1. The SMILES string of the molecule is C[C@H]1C[C@H](C)CN(C(=O)Cn2c(=O)n(Cc3ccc(F)cc3)c(=O)c3sccc32)C1. The van der Waals surface area contributed by atoms with Gasteiger partial charge in [0.2, 0.25) is 5.91 Å². The second-order valence-corrected chi connectivity index (χ2v) is 9.18. The zero-order chi connectivity index (χ0) is 21.4. The molecule has 0 saturated carbocycles. The average Bonchev–Trinajstić information content (AvgIpc) is 3.19. The topological polar surface area (TPSA) is 64.3 Å². The van der Waals surface area contributed by atoms with Crippen molar-refractivity contribution in [1.29, 1.82) is 0 Å². The van der Waals surface area contributed by atoms with Gasteiger partial charge in [0.25, 0.3) is 5.56 Å². The Balaban J connectivity index is 1.71. The van der Waals surface area contributed by atoms with Crippen molar-refractivity contribution >= 4 is 27.5 Å². The molecular formula is C22H24FN3O3S. The maximum atomic E-state index is 13.2. The number of fused-ring (bicyclic) bond motifs is 1. The van der Waals surface area contributed by atoms with E-state index in [2.05, 4.69) is 13.8 Å². The van der Waals surface area contributed by atoms with Crippen LogP contribution in [0.4, 0.5) is 4.39 Å². The summed E-state index contributed by atoms with van der Waals surface area (Å²) in [6, 6.07) is 7.40. The number of carbonyl (C=O) groups excluding carboxylic acids is 1. The molecule has 0 bridgehead atoms. The fourth-order valence-corrected chi connectivity index (χ4v) is 5.14. The van der Waals surface area contributed by atoms with E-state index in [-0.39, 0.29) is 24.8 Å². The molecule has 1 aliphatic heterocycles. The third-order valence-corrected chi connectivity index (χ3v) is 6.50. The van der Waals surface area contributed by atoms with Gasteiger partial charge in [-0.3, -0.25) is 18.7 Å². The summed E-state index contributed by atoms with van der Waals surface area (Å²) in [5, 5.41) is 1.75. The van der Waals surface area contributed by atoms with Crippen molar-refractivity contribution in [3.8, 4) is 0 Å². The molecule has 3 aromatic rings. The second kappa shape index (κ2) is 8.18. The highest BCUT2D eigenvalue weighted by Gasteiger charge is 2.26. The third kappa shape index (κ3) is 3.96. The first-order valence-electron chi connectivity index (χ1n) is 10.1. The zero-order valence-electron chi connectivity index (χ0n) is 17.0. The minimum absolute atomic E-state index is 0.0256. The lowest BCUT2D eigenvalue weighted by molar-refractivity contribution is -0.134. The molecule has 6 nitrogen and oxygen atoms in total. The molecule has 1 aromatic carbocycles. The molecule has 30 heavy (non-hydrogen) atoms. The van der Waals surface area contributed by atoms with Crippen LogP contribution in [0.5, 0.6) is 0 Å². The van der Waals surface area contributed by atoms with E-state index >= 15 is 0 Å². The first-order valence-corrected chi connectivity index (χ1v) is 10.9. The quantitative estimate of drug-likeness (QED) is 0.641. The molecule has 2 aromatic heterocycles. The number of aromatic nitrogens is 2. The van der Waals surface area contributed by atoms with Crippen LogP contribution < -0.4 is 11.2 Å². The number of carbonyl (C=O) groups is 1. The van der Waals surface area contributed by atoms with Crippen molar-refractivity contribution in [3.63, 3.8) is 0 Å². The number of nitrogens with zero attached hydrogens (tertiary/aromatic N) is 3. The van der Waals surface area contributed by atoms with E-state index in [0.29, 0.717) is 40.7 Å². The first-order chi connectivity index (χ1) is 14.3. The molecule has 0 aliphatic carbocycles. The largest absolute Gasteiger partial charge is 0.341 e. The van der Waals surface area contributed by atoms with E-state index in [9.17, 15) is 18.8 Å². The summed E-state index contributed by atoms with van der Waals surface area (Å²) in [5.74, 6) is 0.341. The van der Waals surface area contributed by atoms with Gasteiger partial charge in [0.1, 0.15) is 17.1 Å². The molecule has 1 aliphatic rings.